The smallest absolute Gasteiger partial charge is 0.336 e. The van der Waals surface area contributed by atoms with E-state index >= 15 is 0 Å². The topological polar surface area (TPSA) is 172 Å². The van der Waals surface area contributed by atoms with Crippen molar-refractivity contribution in [2.75, 3.05) is 30.0 Å². The molecule has 258 valence electrons. The molecule has 13 nitrogen and oxygen atoms in total. The van der Waals surface area contributed by atoms with E-state index < -0.39 is 7.82 Å². The predicted octanol–water partition coefficient (Wildman–Crippen LogP) is 6.46. The number of amides is 1. The van der Waals surface area contributed by atoms with Crippen LogP contribution in [0.25, 0.3) is 11.1 Å². The second-order valence-electron chi connectivity index (χ2n) is 12.8. The molecule has 1 aliphatic heterocycles. The number of fused-ring (bicyclic) bond motifs is 3. The molecule has 0 unspecified atom stereocenters. The van der Waals surface area contributed by atoms with Crippen molar-refractivity contribution in [3.05, 3.63) is 85.9 Å². The first kappa shape index (κ1) is 35.1. The Bertz CT molecular complexity index is 2090. The number of carbonyl (C=O) groups is 1. The van der Waals surface area contributed by atoms with Gasteiger partial charge in [-0.25, -0.2) is 14.5 Å². The highest BCUT2D eigenvalue weighted by molar-refractivity contribution is 7.48. The van der Waals surface area contributed by atoms with Gasteiger partial charge in [0.05, 0.1) is 55.4 Å². The molecule has 0 fully saturated rings. The molecule has 1 aliphatic carbocycles. The highest BCUT2D eigenvalue weighted by Gasteiger charge is 2.39. The fraction of sp³-hybridized carbons (Fsp3) is 0.371. The summed E-state index contributed by atoms with van der Waals surface area (Å²) < 4.78 is 32.0. The van der Waals surface area contributed by atoms with Gasteiger partial charge in [0, 0.05) is 42.0 Å². The quantitative estimate of drug-likeness (QED) is 0.119. The third-order valence-corrected chi connectivity index (χ3v) is 11.3. The number of nitrogens with one attached hydrogen (secondary N) is 1. The Morgan fingerprint density at radius 3 is 2.52 bits per heavy atom. The van der Waals surface area contributed by atoms with E-state index in [2.05, 4.69) is 29.1 Å². The third-order valence-electron chi connectivity index (χ3n) is 8.59. The molecule has 0 radical (unpaired) electrons. The van der Waals surface area contributed by atoms with Crippen LogP contribution in [0.1, 0.15) is 57.9 Å². The largest absolute Gasteiger partial charge is 0.475 e. The molecule has 2 aliphatic rings. The summed E-state index contributed by atoms with van der Waals surface area (Å²) in [5.41, 5.74) is 4.84. The molecule has 3 aromatic heterocycles. The molecule has 50 heavy (non-hydrogen) atoms. The zero-order valence-corrected chi connectivity index (χ0v) is 29.7. The van der Waals surface area contributed by atoms with Crippen molar-refractivity contribution in [3.8, 4) is 23.3 Å². The molecular weight excluding hydrogens is 677 g/mol. The first-order valence-corrected chi connectivity index (χ1v) is 18.4. The Kier molecular flexibility index (Phi) is 10.3. The van der Waals surface area contributed by atoms with Crippen LogP contribution < -0.4 is 15.8 Å². The molecule has 4 aromatic rings. The third kappa shape index (κ3) is 7.41. The minimum absolute atomic E-state index is 0.0520. The Morgan fingerprint density at radius 2 is 1.82 bits per heavy atom. The molecule has 0 atom stereocenters. The molecule has 0 bridgehead atoms. The molecule has 15 heteroatoms. The van der Waals surface area contributed by atoms with Crippen molar-refractivity contribution in [1.29, 1.82) is 10.5 Å². The van der Waals surface area contributed by atoms with E-state index in [-0.39, 0.29) is 55.2 Å². The van der Waals surface area contributed by atoms with E-state index in [4.69, 9.17) is 24.1 Å². The molecule has 1 aromatic carbocycles. The molecule has 1 N–H and O–H groups in total. The second-order valence-corrected chi connectivity index (χ2v) is 15.6. The van der Waals surface area contributed by atoms with Crippen molar-refractivity contribution in [1.82, 2.24) is 14.5 Å². The summed E-state index contributed by atoms with van der Waals surface area (Å²) in [7, 11) is -2.63. The number of anilines is 3. The Labute approximate surface area is 293 Å². The summed E-state index contributed by atoms with van der Waals surface area (Å²) in [6.07, 6.45) is 7.07. The van der Waals surface area contributed by atoms with Gasteiger partial charge >= 0.3 is 7.82 Å². The average Bonchev–Trinajstić information content (AvgIpc) is 3.59. The Morgan fingerprint density at radius 1 is 1.06 bits per heavy atom. The maximum Gasteiger partial charge on any atom is 0.475 e. The van der Waals surface area contributed by atoms with Gasteiger partial charge in [0.2, 0.25) is 0 Å². The molecule has 0 saturated carbocycles. The summed E-state index contributed by atoms with van der Waals surface area (Å²) in [6.45, 7) is 4.20. The van der Waals surface area contributed by atoms with Gasteiger partial charge in [-0.2, -0.15) is 10.5 Å². The van der Waals surface area contributed by atoms with Gasteiger partial charge in [-0.1, -0.05) is 26.0 Å². The molecule has 1 amide bonds. The fourth-order valence-corrected chi connectivity index (χ4v) is 9.07. The predicted molar refractivity (Wildman–Crippen MR) is 188 cm³/mol. The molecule has 0 spiro atoms. The second kappa shape index (κ2) is 14.7. The van der Waals surface area contributed by atoms with E-state index in [1.54, 1.807) is 47.8 Å². The molecule has 4 heterocycles. The van der Waals surface area contributed by atoms with Crippen molar-refractivity contribution in [2.45, 2.75) is 52.6 Å². The lowest BCUT2D eigenvalue weighted by molar-refractivity contribution is 0.0984. The zero-order chi connectivity index (χ0) is 35.5. The average molecular weight is 714 g/mol. The first-order valence-electron chi connectivity index (χ1n) is 16.1. The zero-order valence-electron chi connectivity index (χ0n) is 28.0. The first-order chi connectivity index (χ1) is 24.0. The summed E-state index contributed by atoms with van der Waals surface area (Å²) in [6, 6.07) is 12.7. The lowest BCUT2D eigenvalue weighted by atomic mass is 9.89. The number of aryl methyl sites for hydroxylation is 1. The number of hydrogen-bond donors (Lipinski definition) is 1. The van der Waals surface area contributed by atoms with Crippen LogP contribution in [0.3, 0.4) is 0 Å². The van der Waals surface area contributed by atoms with Crippen LogP contribution in [0, 0.1) is 28.1 Å². The van der Waals surface area contributed by atoms with E-state index in [0.717, 1.165) is 23.3 Å². The van der Waals surface area contributed by atoms with Gasteiger partial charge in [0.1, 0.15) is 17.8 Å². The van der Waals surface area contributed by atoms with Crippen molar-refractivity contribution >= 4 is 42.3 Å². The standard InChI is InChI=1S/C35H36N7O6PS/c1-35(2)18-26-25-10-14-42(34(44)32(25)50-30(26)19-35)29-8-4-7-24(27(29)21-48-49(45,46-15-5-11-36)47-16-6-12-37)23-17-28(33(43)41(3)20-23)40-31-9-13-38-22-39-31/h4,7-9,13,17,20,22H,5-6,10,14-16,18-19,21H2,1-3H3,(H,38,39,40). The fourth-order valence-electron chi connectivity index (χ4n) is 6.35. The molecule has 0 saturated heterocycles. The van der Waals surface area contributed by atoms with Crippen LogP contribution in [-0.2, 0) is 51.1 Å². The number of benzene rings is 1. The van der Waals surface area contributed by atoms with Gasteiger partial charge in [0.15, 0.2) is 0 Å². The Balaban J connectivity index is 1.42. The van der Waals surface area contributed by atoms with Crippen LogP contribution in [0.15, 0.2) is 53.8 Å². The summed E-state index contributed by atoms with van der Waals surface area (Å²) in [5.74, 6) is 0.310. The van der Waals surface area contributed by atoms with Crippen molar-refractivity contribution in [3.63, 3.8) is 0 Å². The number of phosphoric ester groups is 1. The maximum atomic E-state index is 14.3. The van der Waals surface area contributed by atoms with Gasteiger partial charge in [-0.05, 0) is 59.6 Å². The number of aromatic nitrogens is 3. The van der Waals surface area contributed by atoms with Gasteiger partial charge in [0.25, 0.3) is 11.5 Å². The normalized spacial score (nSPS) is 14.9. The minimum Gasteiger partial charge on any atom is -0.336 e. The van der Waals surface area contributed by atoms with Crippen LogP contribution in [0.5, 0.6) is 0 Å². The van der Waals surface area contributed by atoms with E-state index in [9.17, 15) is 14.2 Å². The van der Waals surface area contributed by atoms with E-state index in [1.807, 2.05) is 30.3 Å². The highest BCUT2D eigenvalue weighted by atomic mass is 32.1. The van der Waals surface area contributed by atoms with Gasteiger partial charge < -0.3 is 14.8 Å². The van der Waals surface area contributed by atoms with Gasteiger partial charge in [-0.15, -0.1) is 11.3 Å². The number of hydrogen-bond acceptors (Lipinski definition) is 12. The lowest BCUT2D eigenvalue weighted by Gasteiger charge is -2.31. The van der Waals surface area contributed by atoms with Crippen LogP contribution in [0.2, 0.25) is 0 Å². The number of thiophene rings is 1. The number of nitrogens with zero attached hydrogens (tertiary/aromatic N) is 6. The highest BCUT2D eigenvalue weighted by Crippen LogP contribution is 2.52. The summed E-state index contributed by atoms with van der Waals surface area (Å²) in [5, 5.41) is 21.1. The number of carbonyl (C=O) groups excluding carboxylic acids is 1. The van der Waals surface area contributed by atoms with Crippen LogP contribution in [0.4, 0.5) is 17.2 Å². The van der Waals surface area contributed by atoms with Crippen molar-refractivity contribution < 1.29 is 22.9 Å². The van der Waals surface area contributed by atoms with E-state index in [0.29, 0.717) is 41.2 Å². The van der Waals surface area contributed by atoms with Gasteiger partial charge in [-0.3, -0.25) is 23.2 Å². The van der Waals surface area contributed by atoms with Crippen LogP contribution in [-0.4, -0.2) is 40.2 Å². The SMILES string of the molecule is Cn1cc(-c2cccc(N3CCc4c(sc5c4CC(C)(C)C5)C3=O)c2COP(=O)(OCCC#N)OCCC#N)cc(Nc2ccncn2)c1=O. The number of nitriles is 2. The summed E-state index contributed by atoms with van der Waals surface area (Å²) >= 11 is 1.57. The van der Waals surface area contributed by atoms with E-state index in [1.165, 1.54) is 21.3 Å². The van der Waals surface area contributed by atoms with Crippen LogP contribution >= 0.6 is 19.2 Å². The minimum atomic E-state index is -4.25. The monoisotopic (exact) mass is 713 g/mol. The molecule has 6 rings (SSSR count). The maximum absolute atomic E-state index is 14.3. The molecular formula is C35H36N7O6PS. The number of rotatable bonds is 13. The number of phosphoric acid groups is 1. The Hall–Kier alpha value is -4.69. The summed E-state index contributed by atoms with van der Waals surface area (Å²) in [4.78, 5) is 39.3. The van der Waals surface area contributed by atoms with Crippen molar-refractivity contribution in [2.24, 2.45) is 12.5 Å². The number of pyridine rings is 1. The lowest BCUT2D eigenvalue weighted by Crippen LogP contribution is -2.37.